The Labute approximate surface area is 73.7 Å². The first-order valence-electron chi connectivity index (χ1n) is 3.40. The van der Waals surface area contributed by atoms with Gasteiger partial charge in [-0.15, -0.1) is 5.10 Å². The highest BCUT2D eigenvalue weighted by molar-refractivity contribution is 5.69. The molecule has 0 bridgehead atoms. The first-order valence-corrected chi connectivity index (χ1v) is 3.40. The van der Waals surface area contributed by atoms with E-state index in [4.69, 9.17) is 11.0 Å². The molecule has 0 saturated heterocycles. The summed E-state index contributed by atoms with van der Waals surface area (Å²) in [5, 5.41) is 11.8. The number of aromatic nitrogens is 3. The SMILES string of the molecule is N#CCOC(=O)Cn1cnc(N)n1. The minimum Gasteiger partial charge on any atom is -0.449 e. The monoisotopic (exact) mass is 181 g/mol. The van der Waals surface area contributed by atoms with E-state index in [9.17, 15) is 4.79 Å². The molecule has 0 aliphatic rings. The summed E-state index contributed by atoms with van der Waals surface area (Å²) in [4.78, 5) is 14.5. The zero-order valence-electron chi connectivity index (χ0n) is 6.67. The minimum absolute atomic E-state index is 0.0908. The summed E-state index contributed by atoms with van der Waals surface area (Å²) in [5.41, 5.74) is 5.21. The van der Waals surface area contributed by atoms with E-state index in [1.54, 1.807) is 6.07 Å². The van der Waals surface area contributed by atoms with Gasteiger partial charge in [0, 0.05) is 0 Å². The highest BCUT2D eigenvalue weighted by atomic mass is 16.5. The molecule has 0 fully saturated rings. The van der Waals surface area contributed by atoms with Crippen LogP contribution in [0, 0.1) is 11.3 Å². The molecule has 68 valence electrons. The Morgan fingerprint density at radius 1 is 1.85 bits per heavy atom. The number of rotatable bonds is 3. The molecule has 0 atom stereocenters. The summed E-state index contributed by atoms with van der Waals surface area (Å²) in [7, 11) is 0. The van der Waals surface area contributed by atoms with Crippen LogP contribution in [-0.2, 0) is 16.1 Å². The molecule has 0 unspecified atom stereocenters. The summed E-state index contributed by atoms with van der Waals surface area (Å²) in [6.07, 6.45) is 1.31. The van der Waals surface area contributed by atoms with E-state index in [1.165, 1.54) is 11.0 Å². The van der Waals surface area contributed by atoms with Crippen molar-refractivity contribution in [3.05, 3.63) is 6.33 Å². The third-order valence-corrected chi connectivity index (χ3v) is 1.14. The molecular weight excluding hydrogens is 174 g/mol. The maximum Gasteiger partial charge on any atom is 0.328 e. The van der Waals surface area contributed by atoms with E-state index in [1.807, 2.05) is 0 Å². The fourth-order valence-corrected chi connectivity index (χ4v) is 0.676. The second kappa shape index (κ2) is 4.06. The molecule has 1 aromatic rings. The van der Waals surface area contributed by atoms with Crippen LogP contribution >= 0.6 is 0 Å². The second-order valence-electron chi connectivity index (χ2n) is 2.12. The van der Waals surface area contributed by atoms with Gasteiger partial charge in [0.25, 0.3) is 0 Å². The first-order chi connectivity index (χ1) is 6.22. The molecule has 0 amide bonds. The number of hydrogen-bond acceptors (Lipinski definition) is 6. The van der Waals surface area contributed by atoms with Crippen LogP contribution in [0.5, 0.6) is 0 Å². The zero-order valence-corrected chi connectivity index (χ0v) is 6.67. The molecule has 0 saturated carbocycles. The van der Waals surface area contributed by atoms with Gasteiger partial charge >= 0.3 is 5.97 Å². The molecule has 7 heteroatoms. The highest BCUT2D eigenvalue weighted by Gasteiger charge is 2.04. The number of carbonyl (C=O) groups excluding carboxylic acids is 1. The van der Waals surface area contributed by atoms with Gasteiger partial charge in [-0.3, -0.25) is 4.79 Å². The van der Waals surface area contributed by atoms with Crippen molar-refractivity contribution in [3.63, 3.8) is 0 Å². The van der Waals surface area contributed by atoms with Crippen LogP contribution < -0.4 is 5.73 Å². The fourth-order valence-electron chi connectivity index (χ4n) is 0.676. The lowest BCUT2D eigenvalue weighted by molar-refractivity contribution is -0.143. The van der Waals surface area contributed by atoms with Gasteiger partial charge in [-0.1, -0.05) is 0 Å². The molecule has 0 aliphatic carbocycles. The van der Waals surface area contributed by atoms with E-state index < -0.39 is 5.97 Å². The van der Waals surface area contributed by atoms with Gasteiger partial charge in [0.1, 0.15) is 18.9 Å². The highest BCUT2D eigenvalue weighted by Crippen LogP contribution is 1.90. The number of anilines is 1. The van der Waals surface area contributed by atoms with Crippen LogP contribution in [0.25, 0.3) is 0 Å². The van der Waals surface area contributed by atoms with E-state index in [0.717, 1.165) is 0 Å². The second-order valence-corrected chi connectivity index (χ2v) is 2.12. The number of nitriles is 1. The summed E-state index contributed by atoms with van der Waals surface area (Å²) >= 11 is 0. The average Bonchev–Trinajstić information content (AvgIpc) is 2.48. The number of nitrogen functional groups attached to an aromatic ring is 1. The molecule has 0 spiro atoms. The Balaban J connectivity index is 2.41. The van der Waals surface area contributed by atoms with E-state index in [0.29, 0.717) is 0 Å². The van der Waals surface area contributed by atoms with Crippen LogP contribution in [0.15, 0.2) is 6.33 Å². The van der Waals surface area contributed by atoms with Crippen molar-refractivity contribution in [1.82, 2.24) is 14.8 Å². The average molecular weight is 181 g/mol. The van der Waals surface area contributed by atoms with Crippen molar-refractivity contribution < 1.29 is 9.53 Å². The standard InChI is InChI=1S/C6H7N5O2/c7-1-2-13-5(12)3-11-4-9-6(8)10-11/h4H,2-3H2,(H2,8,10). The quantitative estimate of drug-likeness (QED) is 0.595. The summed E-state index contributed by atoms with van der Waals surface area (Å²) in [6, 6.07) is 1.68. The molecule has 1 aromatic heterocycles. The van der Waals surface area contributed by atoms with Crippen molar-refractivity contribution in [2.75, 3.05) is 12.3 Å². The maximum absolute atomic E-state index is 10.9. The molecule has 7 nitrogen and oxygen atoms in total. The molecular formula is C6H7N5O2. The third-order valence-electron chi connectivity index (χ3n) is 1.14. The van der Waals surface area contributed by atoms with Crippen LogP contribution in [0.3, 0.4) is 0 Å². The summed E-state index contributed by atoms with van der Waals surface area (Å²) < 4.78 is 5.71. The Morgan fingerprint density at radius 2 is 2.62 bits per heavy atom. The summed E-state index contributed by atoms with van der Waals surface area (Å²) in [6.45, 7) is -0.352. The van der Waals surface area contributed by atoms with Crippen molar-refractivity contribution in [1.29, 1.82) is 5.26 Å². The number of esters is 1. The van der Waals surface area contributed by atoms with E-state index in [-0.39, 0.29) is 19.1 Å². The number of ether oxygens (including phenoxy) is 1. The van der Waals surface area contributed by atoms with Gasteiger partial charge in [-0.2, -0.15) is 5.26 Å². The topological polar surface area (TPSA) is 107 Å². The fraction of sp³-hybridized carbons (Fsp3) is 0.333. The van der Waals surface area contributed by atoms with Crippen molar-refractivity contribution in [2.45, 2.75) is 6.54 Å². The largest absolute Gasteiger partial charge is 0.449 e. The van der Waals surface area contributed by atoms with Crippen molar-refractivity contribution in [3.8, 4) is 6.07 Å². The normalized spacial score (nSPS) is 9.15. The molecule has 0 radical (unpaired) electrons. The third kappa shape index (κ3) is 2.78. The van der Waals surface area contributed by atoms with E-state index >= 15 is 0 Å². The molecule has 0 aromatic carbocycles. The number of nitrogens with zero attached hydrogens (tertiary/aromatic N) is 4. The lowest BCUT2D eigenvalue weighted by atomic mass is 10.6. The van der Waals surface area contributed by atoms with Gasteiger partial charge < -0.3 is 10.5 Å². The Morgan fingerprint density at radius 3 is 3.15 bits per heavy atom. The molecule has 2 N–H and O–H groups in total. The lowest BCUT2D eigenvalue weighted by Gasteiger charge is -1.98. The lowest BCUT2D eigenvalue weighted by Crippen LogP contribution is -2.14. The van der Waals surface area contributed by atoms with Crippen LogP contribution in [0.2, 0.25) is 0 Å². The van der Waals surface area contributed by atoms with Gasteiger partial charge in [-0.05, 0) is 0 Å². The number of nitrogens with two attached hydrogens (primary N) is 1. The van der Waals surface area contributed by atoms with Crippen LogP contribution in [0.4, 0.5) is 5.95 Å². The predicted octanol–water partition coefficient (Wildman–Crippen LogP) is -1.07. The Hall–Kier alpha value is -2.10. The van der Waals surface area contributed by atoms with Crippen LogP contribution in [0.1, 0.15) is 0 Å². The van der Waals surface area contributed by atoms with Crippen molar-refractivity contribution in [2.24, 2.45) is 0 Å². The molecule has 1 rings (SSSR count). The Kier molecular flexibility index (Phi) is 2.81. The van der Waals surface area contributed by atoms with Gasteiger partial charge in [0.15, 0.2) is 6.61 Å². The zero-order chi connectivity index (χ0) is 9.68. The summed E-state index contributed by atoms with van der Waals surface area (Å²) in [5.74, 6) is -0.459. The molecule has 13 heavy (non-hydrogen) atoms. The minimum atomic E-state index is -0.550. The van der Waals surface area contributed by atoms with Crippen molar-refractivity contribution >= 4 is 11.9 Å². The molecule has 0 aliphatic heterocycles. The number of carbonyl (C=O) groups is 1. The molecule has 1 heterocycles. The van der Waals surface area contributed by atoms with E-state index in [2.05, 4.69) is 14.8 Å². The van der Waals surface area contributed by atoms with Gasteiger partial charge in [0.2, 0.25) is 5.95 Å². The maximum atomic E-state index is 10.9. The first kappa shape index (κ1) is 8.99. The van der Waals surface area contributed by atoms with Crippen LogP contribution in [-0.4, -0.2) is 27.3 Å². The predicted molar refractivity (Wildman–Crippen MR) is 41.0 cm³/mol. The number of hydrogen-bond donors (Lipinski definition) is 1. The Bertz CT molecular complexity index is 339. The smallest absolute Gasteiger partial charge is 0.328 e. The van der Waals surface area contributed by atoms with Gasteiger partial charge in [-0.25, -0.2) is 9.67 Å². The van der Waals surface area contributed by atoms with Gasteiger partial charge in [0.05, 0.1) is 0 Å².